The van der Waals surface area contributed by atoms with Crippen LogP contribution in [0.15, 0.2) is 0 Å². The average Bonchev–Trinajstić information content (AvgIpc) is 2.03. The number of hydrogen-bond donors (Lipinski definition) is 3. The quantitative estimate of drug-likeness (QED) is 0.501. The molecule has 0 radical (unpaired) electrons. The van der Waals surface area contributed by atoms with Crippen LogP contribution in [0, 0.1) is 0 Å². The van der Waals surface area contributed by atoms with Crippen LogP contribution in [0.2, 0.25) is 0 Å². The summed E-state index contributed by atoms with van der Waals surface area (Å²) in [5.41, 5.74) is 0. The highest BCUT2D eigenvalue weighted by Crippen LogP contribution is 2.16. The number of aliphatic hydroxyl groups excluding tert-OH is 2. The van der Waals surface area contributed by atoms with Gasteiger partial charge in [0.2, 0.25) is 0 Å². The van der Waals surface area contributed by atoms with Crippen molar-refractivity contribution >= 4 is 6.09 Å². The fourth-order valence-corrected chi connectivity index (χ4v) is 1.45. The molecule has 70 valence electrons. The van der Waals surface area contributed by atoms with E-state index in [0.717, 1.165) is 0 Å². The summed E-state index contributed by atoms with van der Waals surface area (Å²) in [5.74, 6) is 0. The first-order valence-electron chi connectivity index (χ1n) is 3.93. The molecule has 3 N–H and O–H groups in total. The minimum atomic E-state index is -1.03. The highest BCUT2D eigenvalue weighted by molar-refractivity contribution is 5.65. The van der Waals surface area contributed by atoms with Crippen molar-refractivity contribution in [2.24, 2.45) is 0 Å². The molecule has 0 spiro atoms. The van der Waals surface area contributed by atoms with Gasteiger partial charge >= 0.3 is 6.09 Å². The zero-order chi connectivity index (χ0) is 9.14. The summed E-state index contributed by atoms with van der Waals surface area (Å²) in [6.07, 6.45) is -0.704. The van der Waals surface area contributed by atoms with Crippen LogP contribution in [-0.2, 0) is 0 Å². The number of hydrogen-bond acceptors (Lipinski definition) is 3. The summed E-state index contributed by atoms with van der Waals surface area (Å²) in [5, 5.41) is 26.7. The van der Waals surface area contributed by atoms with E-state index in [4.69, 9.17) is 10.2 Å². The molecule has 0 aromatic rings. The van der Waals surface area contributed by atoms with Gasteiger partial charge < -0.3 is 20.2 Å². The van der Waals surface area contributed by atoms with Gasteiger partial charge in [-0.25, -0.2) is 4.79 Å². The lowest BCUT2D eigenvalue weighted by Crippen LogP contribution is -2.48. The van der Waals surface area contributed by atoms with E-state index in [-0.39, 0.29) is 6.61 Å². The summed E-state index contributed by atoms with van der Waals surface area (Å²) >= 11 is 0. The zero-order valence-electron chi connectivity index (χ0n) is 6.68. The molecule has 1 saturated heterocycles. The molecular weight excluding hydrogens is 162 g/mol. The molecule has 12 heavy (non-hydrogen) atoms. The van der Waals surface area contributed by atoms with Gasteiger partial charge in [0.25, 0.3) is 0 Å². The number of nitrogens with zero attached hydrogens (tertiary/aromatic N) is 1. The Morgan fingerprint density at radius 1 is 1.58 bits per heavy atom. The Morgan fingerprint density at radius 3 is 2.75 bits per heavy atom. The maximum Gasteiger partial charge on any atom is 0.407 e. The number of likely N-dealkylation sites (tertiary alicyclic amines) is 1. The summed E-state index contributed by atoms with van der Waals surface area (Å²) in [6.45, 7) is 0.0884. The number of rotatable bonds is 1. The SMILES string of the molecule is O=C(O)N1CC[C@@H](O)C[C@H]1CO. The number of amides is 1. The molecule has 0 saturated carbocycles. The Morgan fingerprint density at radius 2 is 2.25 bits per heavy atom. The van der Waals surface area contributed by atoms with E-state index in [2.05, 4.69) is 0 Å². The van der Waals surface area contributed by atoms with E-state index >= 15 is 0 Å². The van der Waals surface area contributed by atoms with Crippen LogP contribution < -0.4 is 0 Å². The van der Waals surface area contributed by atoms with Crippen molar-refractivity contribution in [1.29, 1.82) is 0 Å². The summed E-state index contributed by atoms with van der Waals surface area (Å²) < 4.78 is 0. The predicted molar refractivity (Wildman–Crippen MR) is 40.8 cm³/mol. The van der Waals surface area contributed by atoms with Gasteiger partial charge in [0.05, 0.1) is 18.8 Å². The molecule has 1 heterocycles. The second-order valence-electron chi connectivity index (χ2n) is 2.99. The molecule has 0 aromatic heterocycles. The molecule has 1 fully saturated rings. The van der Waals surface area contributed by atoms with Gasteiger partial charge in [-0.3, -0.25) is 0 Å². The number of aliphatic hydroxyl groups is 2. The third-order valence-electron chi connectivity index (χ3n) is 2.14. The molecule has 1 amide bonds. The monoisotopic (exact) mass is 175 g/mol. The van der Waals surface area contributed by atoms with E-state index < -0.39 is 18.2 Å². The van der Waals surface area contributed by atoms with Gasteiger partial charge in [-0.05, 0) is 12.8 Å². The van der Waals surface area contributed by atoms with Gasteiger partial charge in [0.1, 0.15) is 0 Å². The van der Waals surface area contributed by atoms with Crippen molar-refractivity contribution in [3.8, 4) is 0 Å². The Labute approximate surface area is 70.2 Å². The van der Waals surface area contributed by atoms with Crippen molar-refractivity contribution < 1.29 is 20.1 Å². The van der Waals surface area contributed by atoms with Crippen molar-refractivity contribution in [3.05, 3.63) is 0 Å². The lowest BCUT2D eigenvalue weighted by molar-refractivity contribution is 0.0220. The fourth-order valence-electron chi connectivity index (χ4n) is 1.45. The van der Waals surface area contributed by atoms with Crippen molar-refractivity contribution in [1.82, 2.24) is 4.90 Å². The molecule has 0 aliphatic carbocycles. The fraction of sp³-hybridized carbons (Fsp3) is 0.857. The zero-order valence-corrected chi connectivity index (χ0v) is 6.68. The van der Waals surface area contributed by atoms with Crippen molar-refractivity contribution in [2.45, 2.75) is 25.0 Å². The molecule has 1 aliphatic heterocycles. The molecule has 0 bridgehead atoms. The highest BCUT2D eigenvalue weighted by atomic mass is 16.4. The van der Waals surface area contributed by atoms with Gasteiger partial charge in [0.15, 0.2) is 0 Å². The number of carboxylic acid groups (broad SMARTS) is 1. The number of carbonyl (C=O) groups is 1. The third-order valence-corrected chi connectivity index (χ3v) is 2.14. The standard InChI is InChI=1S/C7H13NO4/c9-4-5-3-6(10)1-2-8(5)7(11)12/h5-6,9-10H,1-4H2,(H,11,12)/t5-,6+/m0/s1. The van der Waals surface area contributed by atoms with E-state index in [0.29, 0.717) is 19.4 Å². The van der Waals surface area contributed by atoms with E-state index in [1.807, 2.05) is 0 Å². The minimum absolute atomic E-state index is 0.219. The summed E-state index contributed by atoms with van der Waals surface area (Å²) in [4.78, 5) is 11.7. The van der Waals surface area contributed by atoms with E-state index in [9.17, 15) is 9.90 Å². The predicted octanol–water partition coefficient (Wildman–Crippen LogP) is -0.518. The van der Waals surface area contributed by atoms with E-state index in [1.165, 1.54) is 4.90 Å². The van der Waals surface area contributed by atoms with Crippen LogP contribution in [0.25, 0.3) is 0 Å². The lowest BCUT2D eigenvalue weighted by atomic mass is 10.0. The topological polar surface area (TPSA) is 81.0 Å². The van der Waals surface area contributed by atoms with Crippen molar-refractivity contribution in [3.63, 3.8) is 0 Å². The smallest absolute Gasteiger partial charge is 0.407 e. The van der Waals surface area contributed by atoms with Crippen LogP contribution in [0.1, 0.15) is 12.8 Å². The summed E-state index contributed by atoms with van der Waals surface area (Å²) in [6, 6.07) is -0.439. The van der Waals surface area contributed by atoms with Gasteiger partial charge in [-0.15, -0.1) is 0 Å². The number of piperidine rings is 1. The van der Waals surface area contributed by atoms with Crippen LogP contribution >= 0.6 is 0 Å². The Balaban J connectivity index is 2.56. The molecule has 2 atom stereocenters. The second kappa shape index (κ2) is 3.73. The van der Waals surface area contributed by atoms with E-state index in [1.54, 1.807) is 0 Å². The molecule has 0 unspecified atom stereocenters. The molecule has 1 rings (SSSR count). The molecular formula is C7H13NO4. The van der Waals surface area contributed by atoms with Crippen LogP contribution in [0.3, 0.4) is 0 Å². The van der Waals surface area contributed by atoms with Crippen LogP contribution in [0.5, 0.6) is 0 Å². The third kappa shape index (κ3) is 1.86. The first-order chi connectivity index (χ1) is 5.65. The maximum absolute atomic E-state index is 10.6. The Kier molecular flexibility index (Phi) is 2.88. The molecule has 5 heteroatoms. The van der Waals surface area contributed by atoms with Crippen molar-refractivity contribution in [2.75, 3.05) is 13.2 Å². The molecule has 5 nitrogen and oxygen atoms in total. The first kappa shape index (κ1) is 9.28. The lowest BCUT2D eigenvalue weighted by Gasteiger charge is -2.34. The minimum Gasteiger partial charge on any atom is -0.465 e. The van der Waals surface area contributed by atoms with Gasteiger partial charge in [-0.2, -0.15) is 0 Å². The second-order valence-corrected chi connectivity index (χ2v) is 2.99. The largest absolute Gasteiger partial charge is 0.465 e. The van der Waals surface area contributed by atoms with Crippen LogP contribution in [-0.4, -0.2) is 51.6 Å². The Bertz CT molecular complexity index is 173. The van der Waals surface area contributed by atoms with Crippen LogP contribution in [0.4, 0.5) is 4.79 Å². The molecule has 0 aromatic carbocycles. The first-order valence-corrected chi connectivity index (χ1v) is 3.93. The average molecular weight is 175 g/mol. The van der Waals surface area contributed by atoms with Gasteiger partial charge in [-0.1, -0.05) is 0 Å². The highest BCUT2D eigenvalue weighted by Gasteiger charge is 2.29. The normalized spacial score (nSPS) is 30.3. The summed E-state index contributed by atoms with van der Waals surface area (Å²) in [7, 11) is 0. The molecule has 1 aliphatic rings. The van der Waals surface area contributed by atoms with Gasteiger partial charge in [0, 0.05) is 6.54 Å². The maximum atomic E-state index is 10.6. The Hall–Kier alpha value is -0.810.